The lowest BCUT2D eigenvalue weighted by atomic mass is 10.1. The maximum Gasteiger partial charge on any atom is 0.273 e. The summed E-state index contributed by atoms with van der Waals surface area (Å²) in [5.41, 5.74) is 1.50. The van der Waals surface area contributed by atoms with Crippen LogP contribution in [0.4, 0.5) is 5.69 Å². The van der Waals surface area contributed by atoms with Crippen molar-refractivity contribution >= 4 is 17.0 Å². The zero-order chi connectivity index (χ0) is 15.6. The lowest BCUT2D eigenvalue weighted by Gasteiger charge is -2.19. The first-order valence-electron chi connectivity index (χ1n) is 6.60. The first-order valence-corrected chi connectivity index (χ1v) is 7.41. The molecule has 2 rings (SSSR count). The van der Waals surface area contributed by atoms with Crippen LogP contribution in [0.25, 0.3) is 10.6 Å². The summed E-state index contributed by atoms with van der Waals surface area (Å²) in [4.78, 5) is 10.6. The van der Waals surface area contributed by atoms with Crippen LogP contribution in [0.3, 0.4) is 0 Å². The Kier molecular flexibility index (Phi) is 4.34. The minimum atomic E-state index is -0.373. The van der Waals surface area contributed by atoms with Gasteiger partial charge in [0, 0.05) is 22.7 Å². The van der Waals surface area contributed by atoms with E-state index in [9.17, 15) is 10.1 Å². The highest BCUT2D eigenvalue weighted by Gasteiger charge is 2.17. The highest BCUT2D eigenvalue weighted by Crippen LogP contribution is 2.31. The van der Waals surface area contributed by atoms with Gasteiger partial charge >= 0.3 is 0 Å². The van der Waals surface area contributed by atoms with Gasteiger partial charge in [0.1, 0.15) is 10.0 Å². The van der Waals surface area contributed by atoms with Crippen molar-refractivity contribution in [3.8, 4) is 10.6 Å². The van der Waals surface area contributed by atoms with Crippen molar-refractivity contribution in [2.24, 2.45) is 0 Å². The fourth-order valence-electron chi connectivity index (χ4n) is 1.83. The topological polar surface area (TPSA) is 81.0 Å². The second-order valence-corrected chi connectivity index (χ2v) is 6.87. The van der Waals surface area contributed by atoms with Gasteiger partial charge in [-0.2, -0.15) is 0 Å². The summed E-state index contributed by atoms with van der Waals surface area (Å²) in [6.45, 7) is 8.62. The van der Waals surface area contributed by atoms with E-state index in [1.54, 1.807) is 13.0 Å². The molecule has 7 heteroatoms. The smallest absolute Gasteiger partial charge is 0.273 e. The molecule has 0 bridgehead atoms. The molecule has 0 unspecified atom stereocenters. The van der Waals surface area contributed by atoms with E-state index in [0.29, 0.717) is 17.1 Å². The van der Waals surface area contributed by atoms with Crippen LogP contribution >= 0.6 is 11.3 Å². The van der Waals surface area contributed by atoms with E-state index in [-0.39, 0.29) is 16.1 Å². The number of nitro benzene ring substituents is 1. The highest BCUT2D eigenvalue weighted by molar-refractivity contribution is 7.14. The van der Waals surface area contributed by atoms with Crippen LogP contribution in [0.5, 0.6) is 0 Å². The van der Waals surface area contributed by atoms with Crippen LogP contribution in [0, 0.1) is 17.0 Å². The van der Waals surface area contributed by atoms with Crippen molar-refractivity contribution in [2.45, 2.75) is 39.8 Å². The third-order valence-electron chi connectivity index (χ3n) is 2.97. The quantitative estimate of drug-likeness (QED) is 0.692. The fourth-order valence-corrected chi connectivity index (χ4v) is 2.69. The lowest BCUT2D eigenvalue weighted by Crippen LogP contribution is -2.35. The Hall–Kier alpha value is -1.86. The Labute approximate surface area is 127 Å². The van der Waals surface area contributed by atoms with Gasteiger partial charge in [0.2, 0.25) is 0 Å². The second-order valence-electron chi connectivity index (χ2n) is 5.81. The molecule has 0 saturated carbocycles. The summed E-state index contributed by atoms with van der Waals surface area (Å²) in [6.07, 6.45) is 0. The molecule has 0 aliphatic heterocycles. The first-order chi connectivity index (χ1) is 9.78. The molecule has 0 aliphatic rings. The van der Waals surface area contributed by atoms with Gasteiger partial charge in [-0.05, 0) is 27.7 Å². The van der Waals surface area contributed by atoms with E-state index in [2.05, 4.69) is 36.3 Å². The second kappa shape index (κ2) is 5.87. The number of nitro groups is 1. The first kappa shape index (κ1) is 15.5. The SMILES string of the molecule is Cc1c(-c2nnc(CNC(C)(C)C)s2)cccc1[N+](=O)[O-]. The van der Waals surface area contributed by atoms with Gasteiger partial charge in [-0.1, -0.05) is 23.5 Å². The van der Waals surface area contributed by atoms with E-state index in [1.165, 1.54) is 17.4 Å². The Morgan fingerprint density at radius 3 is 2.67 bits per heavy atom. The highest BCUT2D eigenvalue weighted by atomic mass is 32.1. The van der Waals surface area contributed by atoms with Crippen LogP contribution in [0.2, 0.25) is 0 Å². The normalized spacial score (nSPS) is 11.6. The predicted molar refractivity (Wildman–Crippen MR) is 83.3 cm³/mol. The fraction of sp³-hybridized carbons (Fsp3) is 0.429. The summed E-state index contributed by atoms with van der Waals surface area (Å²) in [5.74, 6) is 0. The molecular formula is C14H18N4O2S. The van der Waals surface area contributed by atoms with Crippen molar-refractivity contribution in [3.63, 3.8) is 0 Å². The molecule has 1 N–H and O–H groups in total. The minimum absolute atomic E-state index is 0.00723. The van der Waals surface area contributed by atoms with E-state index in [1.807, 2.05) is 6.07 Å². The monoisotopic (exact) mass is 306 g/mol. The largest absolute Gasteiger partial charge is 0.306 e. The number of aromatic nitrogens is 2. The molecule has 0 fully saturated rings. The van der Waals surface area contributed by atoms with Crippen LogP contribution in [0.15, 0.2) is 18.2 Å². The number of benzene rings is 1. The van der Waals surface area contributed by atoms with Gasteiger partial charge < -0.3 is 5.32 Å². The van der Waals surface area contributed by atoms with Crippen LogP contribution in [0.1, 0.15) is 31.3 Å². The number of rotatable bonds is 4. The number of nitrogens with zero attached hydrogens (tertiary/aromatic N) is 3. The van der Waals surface area contributed by atoms with Gasteiger partial charge in [0.05, 0.1) is 11.5 Å². The van der Waals surface area contributed by atoms with Crippen molar-refractivity contribution in [3.05, 3.63) is 38.9 Å². The minimum Gasteiger partial charge on any atom is -0.306 e. The van der Waals surface area contributed by atoms with E-state index < -0.39 is 0 Å². The molecular weight excluding hydrogens is 288 g/mol. The van der Waals surface area contributed by atoms with Crippen molar-refractivity contribution in [2.75, 3.05) is 0 Å². The Morgan fingerprint density at radius 1 is 1.33 bits per heavy atom. The third kappa shape index (κ3) is 3.83. The van der Waals surface area contributed by atoms with Crippen LogP contribution in [-0.2, 0) is 6.54 Å². The van der Waals surface area contributed by atoms with E-state index in [4.69, 9.17) is 0 Å². The molecule has 6 nitrogen and oxygen atoms in total. The van der Waals surface area contributed by atoms with Crippen LogP contribution in [-0.4, -0.2) is 20.7 Å². The standard InChI is InChI=1S/C14H18N4O2S/c1-9-10(6-5-7-11(9)18(19)20)13-17-16-12(21-13)8-15-14(2,3)4/h5-7,15H,8H2,1-4H3. The summed E-state index contributed by atoms with van der Waals surface area (Å²) in [7, 11) is 0. The van der Waals surface area contributed by atoms with Crippen molar-refractivity contribution in [1.29, 1.82) is 0 Å². The maximum atomic E-state index is 11.0. The average Bonchev–Trinajstić information content (AvgIpc) is 2.84. The van der Waals surface area contributed by atoms with Crippen LogP contribution < -0.4 is 5.32 Å². The van der Waals surface area contributed by atoms with E-state index in [0.717, 1.165) is 10.6 Å². The number of hydrogen-bond donors (Lipinski definition) is 1. The maximum absolute atomic E-state index is 11.0. The molecule has 0 spiro atoms. The summed E-state index contributed by atoms with van der Waals surface area (Å²) >= 11 is 1.45. The molecule has 1 heterocycles. The summed E-state index contributed by atoms with van der Waals surface area (Å²) in [5, 5.41) is 24.2. The zero-order valence-corrected chi connectivity index (χ0v) is 13.3. The van der Waals surface area contributed by atoms with Gasteiger partial charge in [-0.25, -0.2) is 0 Å². The van der Waals surface area contributed by atoms with E-state index >= 15 is 0 Å². The molecule has 0 atom stereocenters. The van der Waals surface area contributed by atoms with Gasteiger partial charge in [-0.3, -0.25) is 10.1 Å². The number of hydrogen-bond acceptors (Lipinski definition) is 6. The average molecular weight is 306 g/mol. The molecule has 2 aromatic rings. The van der Waals surface area contributed by atoms with Gasteiger partial charge in [0.25, 0.3) is 5.69 Å². The van der Waals surface area contributed by atoms with Crippen molar-refractivity contribution < 1.29 is 4.92 Å². The molecule has 0 aliphatic carbocycles. The predicted octanol–water partition coefficient (Wildman–Crippen LogP) is 3.31. The third-order valence-corrected chi connectivity index (χ3v) is 3.93. The Morgan fingerprint density at radius 2 is 2.05 bits per heavy atom. The summed E-state index contributed by atoms with van der Waals surface area (Å²) < 4.78 is 0. The molecule has 0 saturated heterocycles. The summed E-state index contributed by atoms with van der Waals surface area (Å²) in [6, 6.07) is 5.01. The Bertz CT molecular complexity index is 661. The molecule has 1 aromatic carbocycles. The molecule has 0 radical (unpaired) electrons. The molecule has 112 valence electrons. The molecule has 21 heavy (non-hydrogen) atoms. The lowest BCUT2D eigenvalue weighted by molar-refractivity contribution is -0.385. The van der Waals surface area contributed by atoms with Gasteiger partial charge in [-0.15, -0.1) is 10.2 Å². The zero-order valence-electron chi connectivity index (χ0n) is 12.5. The van der Waals surface area contributed by atoms with Crippen molar-refractivity contribution in [1.82, 2.24) is 15.5 Å². The number of nitrogens with one attached hydrogen (secondary N) is 1. The van der Waals surface area contributed by atoms with Gasteiger partial charge in [0.15, 0.2) is 0 Å². The molecule has 1 aromatic heterocycles. The molecule has 0 amide bonds. The Balaban J connectivity index is 2.26.